The first kappa shape index (κ1) is 19.5. The maximum Gasteiger partial charge on any atom is 0.237 e. The molecule has 0 radical (unpaired) electrons. The second-order valence-corrected chi connectivity index (χ2v) is 8.98. The molecule has 1 aromatic carbocycles. The highest BCUT2D eigenvalue weighted by molar-refractivity contribution is 5.86. The molecule has 1 amide bonds. The molecule has 0 spiro atoms. The van der Waals surface area contributed by atoms with Gasteiger partial charge in [0.15, 0.2) is 0 Å². The molecule has 2 aromatic rings. The van der Waals surface area contributed by atoms with Crippen LogP contribution in [0.4, 0.5) is 0 Å². The summed E-state index contributed by atoms with van der Waals surface area (Å²) in [6.07, 6.45) is 15.6. The number of nitrogens with zero attached hydrogens (tertiary/aromatic N) is 1. The van der Waals surface area contributed by atoms with Gasteiger partial charge in [0, 0.05) is 29.7 Å². The van der Waals surface area contributed by atoms with E-state index >= 15 is 0 Å². The first-order chi connectivity index (χ1) is 13.7. The predicted molar refractivity (Wildman–Crippen MR) is 115 cm³/mol. The number of rotatable bonds is 6. The number of aromatic nitrogens is 1. The van der Waals surface area contributed by atoms with E-state index in [1.54, 1.807) is 0 Å². The maximum absolute atomic E-state index is 12.6. The average Bonchev–Trinajstić information content (AvgIpc) is 3.07. The number of hydrogen-bond donors (Lipinski definition) is 2. The standard InChI is InChI=1S/C24H35N3O/c25-22(24(28)26-20-11-5-2-6-12-20)15-19-17-27(16-18-9-3-1-4-10-18)23-14-8-7-13-21(19)23/h7-8,13-14,17-18,20,22H,1-6,9-12,15-16,25H2,(H,26,28)/t22-/m0/s1. The van der Waals surface area contributed by atoms with Crippen molar-refractivity contribution in [3.8, 4) is 0 Å². The summed E-state index contributed by atoms with van der Waals surface area (Å²) in [6, 6.07) is 8.42. The summed E-state index contributed by atoms with van der Waals surface area (Å²) in [4.78, 5) is 12.6. The summed E-state index contributed by atoms with van der Waals surface area (Å²) in [7, 11) is 0. The number of nitrogens with two attached hydrogens (primary N) is 1. The van der Waals surface area contributed by atoms with Crippen molar-refractivity contribution in [3.63, 3.8) is 0 Å². The van der Waals surface area contributed by atoms with E-state index in [9.17, 15) is 4.79 Å². The molecule has 0 aliphatic heterocycles. The Kier molecular flexibility index (Phi) is 6.36. The topological polar surface area (TPSA) is 60.0 Å². The third kappa shape index (κ3) is 4.60. The predicted octanol–water partition coefficient (Wildman–Crippen LogP) is 4.54. The molecule has 2 aliphatic carbocycles. The summed E-state index contributed by atoms with van der Waals surface area (Å²) < 4.78 is 2.41. The molecule has 152 valence electrons. The van der Waals surface area contributed by atoms with Crippen LogP contribution in [0.1, 0.15) is 69.8 Å². The van der Waals surface area contributed by atoms with Crippen LogP contribution in [0.2, 0.25) is 0 Å². The minimum absolute atomic E-state index is 0.0102. The van der Waals surface area contributed by atoms with Crippen molar-refractivity contribution in [2.45, 2.75) is 89.3 Å². The summed E-state index contributed by atoms with van der Waals surface area (Å²) in [5, 5.41) is 4.44. The van der Waals surface area contributed by atoms with E-state index in [1.165, 1.54) is 67.8 Å². The lowest BCUT2D eigenvalue weighted by Crippen LogP contribution is -2.46. The minimum Gasteiger partial charge on any atom is -0.352 e. The number of para-hydroxylation sites is 1. The Hall–Kier alpha value is -1.81. The van der Waals surface area contributed by atoms with Crippen LogP contribution in [0.3, 0.4) is 0 Å². The molecule has 4 nitrogen and oxygen atoms in total. The molecule has 0 unspecified atom stereocenters. The van der Waals surface area contributed by atoms with Gasteiger partial charge < -0.3 is 15.6 Å². The normalized spacial score (nSPS) is 20.3. The molecule has 4 heteroatoms. The Labute approximate surface area is 168 Å². The van der Waals surface area contributed by atoms with Crippen LogP contribution in [-0.2, 0) is 17.8 Å². The van der Waals surface area contributed by atoms with Gasteiger partial charge in [-0.3, -0.25) is 4.79 Å². The average molecular weight is 382 g/mol. The zero-order chi connectivity index (χ0) is 19.3. The number of fused-ring (bicyclic) bond motifs is 1. The number of amides is 1. The summed E-state index contributed by atoms with van der Waals surface area (Å²) in [5.74, 6) is 0.789. The highest BCUT2D eigenvalue weighted by Gasteiger charge is 2.22. The van der Waals surface area contributed by atoms with Gasteiger partial charge in [-0.25, -0.2) is 0 Å². The minimum atomic E-state index is -0.476. The van der Waals surface area contributed by atoms with Gasteiger partial charge in [-0.1, -0.05) is 56.7 Å². The Morgan fingerprint density at radius 2 is 1.71 bits per heavy atom. The van der Waals surface area contributed by atoms with Gasteiger partial charge in [-0.15, -0.1) is 0 Å². The number of carbonyl (C=O) groups is 1. The Morgan fingerprint density at radius 1 is 1.04 bits per heavy atom. The van der Waals surface area contributed by atoms with Crippen molar-refractivity contribution >= 4 is 16.8 Å². The van der Waals surface area contributed by atoms with Crippen LogP contribution in [0.15, 0.2) is 30.5 Å². The molecule has 1 heterocycles. The first-order valence-corrected chi connectivity index (χ1v) is 11.3. The fraction of sp³-hybridized carbons (Fsp3) is 0.625. The lowest BCUT2D eigenvalue weighted by atomic mass is 9.89. The van der Waals surface area contributed by atoms with Crippen molar-refractivity contribution in [2.24, 2.45) is 11.7 Å². The third-order valence-electron chi connectivity index (χ3n) is 6.78. The molecule has 1 atom stereocenters. The largest absolute Gasteiger partial charge is 0.352 e. The van der Waals surface area contributed by atoms with Gasteiger partial charge >= 0.3 is 0 Å². The van der Waals surface area contributed by atoms with Crippen molar-refractivity contribution in [3.05, 3.63) is 36.0 Å². The third-order valence-corrected chi connectivity index (χ3v) is 6.78. The molecular weight excluding hydrogens is 346 g/mol. The highest BCUT2D eigenvalue weighted by Crippen LogP contribution is 2.29. The SMILES string of the molecule is N[C@@H](Cc1cn(CC2CCCCC2)c2ccccc12)C(=O)NC1CCCCC1. The Bertz CT molecular complexity index is 784. The zero-order valence-electron chi connectivity index (χ0n) is 17.0. The van der Waals surface area contributed by atoms with E-state index < -0.39 is 6.04 Å². The van der Waals surface area contributed by atoms with Crippen molar-refractivity contribution in [1.29, 1.82) is 0 Å². The van der Waals surface area contributed by atoms with E-state index in [0.29, 0.717) is 12.5 Å². The van der Waals surface area contributed by atoms with Crippen LogP contribution in [0.5, 0.6) is 0 Å². The molecule has 28 heavy (non-hydrogen) atoms. The van der Waals surface area contributed by atoms with Crippen LogP contribution < -0.4 is 11.1 Å². The van der Waals surface area contributed by atoms with Crippen LogP contribution in [0, 0.1) is 5.92 Å². The monoisotopic (exact) mass is 381 g/mol. The summed E-state index contributed by atoms with van der Waals surface area (Å²) in [6.45, 7) is 1.09. The molecule has 0 saturated heterocycles. The number of carbonyl (C=O) groups excluding carboxylic acids is 1. The molecule has 0 bridgehead atoms. The van der Waals surface area contributed by atoms with Gasteiger partial charge in [0.25, 0.3) is 0 Å². The molecule has 2 fully saturated rings. The van der Waals surface area contributed by atoms with E-state index in [2.05, 4.69) is 40.3 Å². The van der Waals surface area contributed by atoms with E-state index in [1.807, 2.05) is 0 Å². The number of benzene rings is 1. The Morgan fingerprint density at radius 3 is 2.46 bits per heavy atom. The fourth-order valence-corrected chi connectivity index (χ4v) is 5.17. The maximum atomic E-state index is 12.6. The zero-order valence-corrected chi connectivity index (χ0v) is 17.0. The van der Waals surface area contributed by atoms with Gasteiger partial charge in [0.2, 0.25) is 5.91 Å². The second-order valence-electron chi connectivity index (χ2n) is 8.98. The van der Waals surface area contributed by atoms with Gasteiger partial charge in [-0.2, -0.15) is 0 Å². The molecule has 3 N–H and O–H groups in total. The quantitative estimate of drug-likeness (QED) is 0.772. The smallest absolute Gasteiger partial charge is 0.237 e. The number of nitrogens with one attached hydrogen (secondary N) is 1. The van der Waals surface area contributed by atoms with Gasteiger partial charge in [0.1, 0.15) is 0 Å². The van der Waals surface area contributed by atoms with E-state index in [-0.39, 0.29) is 5.91 Å². The van der Waals surface area contributed by atoms with Crippen molar-refractivity contribution in [2.75, 3.05) is 0 Å². The molecule has 1 aromatic heterocycles. The van der Waals surface area contributed by atoms with Crippen LogP contribution in [0.25, 0.3) is 10.9 Å². The molecular formula is C24H35N3O. The molecule has 2 saturated carbocycles. The lowest BCUT2D eigenvalue weighted by Gasteiger charge is -2.24. The summed E-state index contributed by atoms with van der Waals surface area (Å²) in [5.41, 5.74) is 8.82. The summed E-state index contributed by atoms with van der Waals surface area (Å²) >= 11 is 0. The highest BCUT2D eigenvalue weighted by atomic mass is 16.2. The van der Waals surface area contributed by atoms with Gasteiger partial charge in [-0.05, 0) is 49.7 Å². The fourth-order valence-electron chi connectivity index (χ4n) is 5.17. The molecule has 2 aliphatic rings. The van der Waals surface area contributed by atoms with Crippen LogP contribution in [-0.4, -0.2) is 22.6 Å². The van der Waals surface area contributed by atoms with Crippen molar-refractivity contribution in [1.82, 2.24) is 9.88 Å². The van der Waals surface area contributed by atoms with E-state index in [0.717, 1.165) is 25.3 Å². The number of hydrogen-bond acceptors (Lipinski definition) is 2. The Balaban J connectivity index is 1.45. The van der Waals surface area contributed by atoms with Crippen molar-refractivity contribution < 1.29 is 4.79 Å². The van der Waals surface area contributed by atoms with E-state index in [4.69, 9.17) is 5.73 Å². The lowest BCUT2D eigenvalue weighted by molar-refractivity contribution is -0.123. The van der Waals surface area contributed by atoms with Crippen LogP contribution >= 0.6 is 0 Å². The second kappa shape index (κ2) is 9.13. The van der Waals surface area contributed by atoms with Gasteiger partial charge in [0.05, 0.1) is 6.04 Å². The first-order valence-electron chi connectivity index (χ1n) is 11.3. The molecule has 4 rings (SSSR count).